The number of halogens is 6. The number of nitrogen functional groups attached to an aromatic ring is 1. The average Bonchev–Trinajstić information content (AvgIpc) is 2.43. The second kappa shape index (κ2) is 7.53. The van der Waals surface area contributed by atoms with E-state index in [2.05, 4.69) is 0 Å². The van der Waals surface area contributed by atoms with Crippen LogP contribution in [0.15, 0.2) is 12.1 Å². The Morgan fingerprint density at radius 2 is 1.59 bits per heavy atom. The molecule has 0 unspecified atom stereocenters. The average molecular weight is 401 g/mol. The Morgan fingerprint density at radius 1 is 1.04 bits per heavy atom. The van der Waals surface area contributed by atoms with Gasteiger partial charge in [-0.2, -0.15) is 26.3 Å². The number of ether oxygens (including phenoxy) is 1. The maximum Gasteiger partial charge on any atom is 0.418 e. The molecule has 0 spiro atoms. The smallest absolute Gasteiger partial charge is 0.418 e. The lowest BCUT2D eigenvalue weighted by Gasteiger charge is -2.20. The molecule has 0 aromatic heterocycles. The molecule has 0 aliphatic carbocycles. The van der Waals surface area contributed by atoms with Crippen molar-refractivity contribution >= 4 is 23.4 Å². The van der Waals surface area contributed by atoms with Crippen molar-refractivity contribution in [1.29, 1.82) is 0 Å². The van der Waals surface area contributed by atoms with Crippen LogP contribution in [0.3, 0.4) is 0 Å². The van der Waals surface area contributed by atoms with Crippen molar-refractivity contribution in [2.45, 2.75) is 38.7 Å². The van der Waals surface area contributed by atoms with Crippen LogP contribution < -0.4 is 16.4 Å². The lowest BCUT2D eigenvalue weighted by molar-refractivity contribution is -0.142. The van der Waals surface area contributed by atoms with E-state index in [9.17, 15) is 35.9 Å². The van der Waals surface area contributed by atoms with Gasteiger partial charge in [0.25, 0.3) is 0 Å². The van der Waals surface area contributed by atoms with E-state index >= 15 is 0 Å². The number of amides is 2. The molecular weight excluding hydrogens is 384 g/mol. The minimum Gasteiger partial charge on any atom is -0.444 e. The fourth-order valence-electron chi connectivity index (χ4n) is 1.82. The number of carbonyl (C=O) groups excluding carboxylic acids is 2. The van der Waals surface area contributed by atoms with E-state index in [4.69, 9.17) is 10.5 Å². The number of benzene rings is 1. The molecule has 4 N–H and O–H groups in total. The molecule has 0 aliphatic rings. The molecule has 152 valence electrons. The monoisotopic (exact) mass is 401 g/mol. The van der Waals surface area contributed by atoms with Gasteiger partial charge in [-0.25, -0.2) is 4.79 Å². The number of hydrogen-bond acceptors (Lipinski definition) is 4. The van der Waals surface area contributed by atoms with Crippen LogP contribution in [-0.2, 0) is 21.9 Å². The van der Waals surface area contributed by atoms with Crippen molar-refractivity contribution in [3.05, 3.63) is 23.3 Å². The van der Waals surface area contributed by atoms with Gasteiger partial charge in [0.15, 0.2) is 0 Å². The van der Waals surface area contributed by atoms with Gasteiger partial charge < -0.3 is 21.1 Å². The Bertz CT molecular complexity index is 723. The Labute approximate surface area is 150 Å². The highest BCUT2D eigenvalue weighted by Gasteiger charge is 2.39. The van der Waals surface area contributed by atoms with Crippen molar-refractivity contribution in [1.82, 2.24) is 5.32 Å². The molecule has 0 fully saturated rings. The molecule has 0 aliphatic heterocycles. The SMILES string of the molecule is CC(C)(C)OC(=O)NCC(=O)Nc1cc(C(F)(F)F)cc(C(F)(F)F)c1N. The maximum atomic E-state index is 12.9. The first-order valence-corrected chi connectivity index (χ1v) is 7.35. The van der Waals surface area contributed by atoms with Gasteiger partial charge in [0.05, 0.1) is 22.5 Å². The highest BCUT2D eigenvalue weighted by Crippen LogP contribution is 2.41. The molecule has 0 atom stereocenters. The van der Waals surface area contributed by atoms with Crippen LogP contribution in [0.4, 0.5) is 42.5 Å². The summed E-state index contributed by atoms with van der Waals surface area (Å²) < 4.78 is 82.0. The molecule has 2 amide bonds. The zero-order valence-electron chi connectivity index (χ0n) is 14.4. The summed E-state index contributed by atoms with van der Waals surface area (Å²) in [6, 6.07) is 0.125. The first-order valence-electron chi connectivity index (χ1n) is 7.35. The Morgan fingerprint density at radius 3 is 2.04 bits per heavy atom. The van der Waals surface area contributed by atoms with Crippen LogP contribution in [0.25, 0.3) is 0 Å². The summed E-state index contributed by atoms with van der Waals surface area (Å²) in [5.74, 6) is -1.10. The fraction of sp³-hybridized carbons (Fsp3) is 0.467. The van der Waals surface area contributed by atoms with Gasteiger partial charge >= 0.3 is 18.4 Å². The van der Waals surface area contributed by atoms with Crippen LogP contribution in [0.1, 0.15) is 31.9 Å². The number of anilines is 2. The number of hydrogen-bond donors (Lipinski definition) is 3. The van der Waals surface area contributed by atoms with E-state index in [-0.39, 0.29) is 12.1 Å². The van der Waals surface area contributed by atoms with Crippen LogP contribution in [-0.4, -0.2) is 24.1 Å². The van der Waals surface area contributed by atoms with E-state index < -0.39 is 59.0 Å². The third-order valence-electron chi connectivity index (χ3n) is 2.88. The van der Waals surface area contributed by atoms with Crippen LogP contribution in [0.2, 0.25) is 0 Å². The predicted molar refractivity (Wildman–Crippen MR) is 83.7 cm³/mol. The van der Waals surface area contributed by atoms with Crippen molar-refractivity contribution in [2.75, 3.05) is 17.6 Å². The fourth-order valence-corrected chi connectivity index (χ4v) is 1.82. The van der Waals surface area contributed by atoms with Crippen molar-refractivity contribution in [3.63, 3.8) is 0 Å². The molecule has 27 heavy (non-hydrogen) atoms. The third kappa shape index (κ3) is 6.87. The van der Waals surface area contributed by atoms with Gasteiger partial charge in [-0.1, -0.05) is 0 Å². The highest BCUT2D eigenvalue weighted by molar-refractivity contribution is 5.97. The molecule has 0 heterocycles. The predicted octanol–water partition coefficient (Wildman–Crippen LogP) is 3.77. The molecule has 12 heteroatoms. The lowest BCUT2D eigenvalue weighted by atomic mass is 10.1. The van der Waals surface area contributed by atoms with Crippen LogP contribution in [0, 0.1) is 0 Å². The van der Waals surface area contributed by atoms with Crippen molar-refractivity contribution in [2.24, 2.45) is 0 Å². The summed E-state index contributed by atoms with van der Waals surface area (Å²) in [6.07, 6.45) is -11.3. The van der Waals surface area contributed by atoms with Crippen molar-refractivity contribution in [3.8, 4) is 0 Å². The van der Waals surface area contributed by atoms with E-state index in [0.717, 1.165) is 0 Å². The van der Waals surface area contributed by atoms with Gasteiger partial charge in [0.1, 0.15) is 12.1 Å². The number of carbonyl (C=O) groups is 2. The molecule has 0 radical (unpaired) electrons. The summed E-state index contributed by atoms with van der Waals surface area (Å²) >= 11 is 0. The first-order chi connectivity index (χ1) is 12.0. The maximum absolute atomic E-state index is 12.9. The Hall–Kier alpha value is -2.66. The molecular formula is C15H17F6N3O3. The topological polar surface area (TPSA) is 93.4 Å². The third-order valence-corrected chi connectivity index (χ3v) is 2.88. The van der Waals surface area contributed by atoms with E-state index in [1.54, 1.807) is 20.8 Å². The summed E-state index contributed by atoms with van der Waals surface area (Å²) in [5, 5.41) is 3.83. The molecule has 1 aromatic carbocycles. The number of nitrogens with one attached hydrogen (secondary N) is 2. The second-order valence-corrected chi connectivity index (χ2v) is 6.38. The van der Waals surface area contributed by atoms with Crippen LogP contribution in [0.5, 0.6) is 0 Å². The number of alkyl carbamates (subject to hydrolysis) is 1. The number of rotatable bonds is 3. The molecule has 1 aromatic rings. The summed E-state index contributed by atoms with van der Waals surface area (Å²) in [5.41, 5.74) is -0.958. The van der Waals surface area contributed by atoms with Gasteiger partial charge in [0.2, 0.25) is 5.91 Å². The minimum atomic E-state index is -5.17. The van der Waals surface area contributed by atoms with Gasteiger partial charge in [-0.3, -0.25) is 4.79 Å². The molecule has 0 saturated carbocycles. The minimum absolute atomic E-state index is 0.149. The van der Waals surface area contributed by atoms with Crippen LogP contribution >= 0.6 is 0 Å². The number of alkyl halides is 6. The molecule has 1 rings (SSSR count). The standard InChI is InChI=1S/C15H17F6N3O3/c1-13(2,3)27-12(26)23-6-10(25)24-9-5-7(14(16,17)18)4-8(11(9)22)15(19,20)21/h4-5H,6,22H2,1-3H3,(H,23,26)(H,24,25). The Kier molecular flexibility index (Phi) is 6.24. The van der Waals surface area contributed by atoms with Crippen molar-refractivity contribution < 1.29 is 40.7 Å². The highest BCUT2D eigenvalue weighted by atomic mass is 19.4. The van der Waals surface area contributed by atoms with Gasteiger partial charge in [-0.05, 0) is 32.9 Å². The van der Waals surface area contributed by atoms with E-state index in [0.29, 0.717) is 0 Å². The largest absolute Gasteiger partial charge is 0.444 e. The lowest BCUT2D eigenvalue weighted by Crippen LogP contribution is -2.37. The normalized spacial score (nSPS) is 12.5. The zero-order chi connectivity index (χ0) is 21.2. The van der Waals surface area contributed by atoms with E-state index in [1.807, 2.05) is 10.6 Å². The van der Waals surface area contributed by atoms with E-state index in [1.165, 1.54) is 0 Å². The Balaban J connectivity index is 3.02. The zero-order valence-corrected chi connectivity index (χ0v) is 14.4. The summed E-state index contributed by atoms with van der Waals surface area (Å²) in [7, 11) is 0. The van der Waals surface area contributed by atoms with Gasteiger partial charge in [0, 0.05) is 0 Å². The molecule has 0 bridgehead atoms. The summed E-state index contributed by atoms with van der Waals surface area (Å²) in [4.78, 5) is 23.2. The molecule has 6 nitrogen and oxygen atoms in total. The summed E-state index contributed by atoms with van der Waals surface area (Å²) in [6.45, 7) is 3.89. The first kappa shape index (κ1) is 22.4. The molecule has 0 saturated heterocycles. The quantitative estimate of drug-likeness (QED) is 0.531. The second-order valence-electron chi connectivity index (χ2n) is 6.38. The number of nitrogens with two attached hydrogens (primary N) is 1. The van der Waals surface area contributed by atoms with Gasteiger partial charge in [-0.15, -0.1) is 0 Å².